The number of benzene rings is 2. The van der Waals surface area contributed by atoms with Crippen LogP contribution in [0.1, 0.15) is 61.8 Å². The van der Waals surface area contributed by atoms with Crippen LogP contribution in [-0.4, -0.2) is 6.21 Å². The molecule has 0 radical (unpaired) electrons. The van der Waals surface area contributed by atoms with Crippen LogP contribution in [0.15, 0.2) is 35.3 Å². The van der Waals surface area contributed by atoms with Crippen molar-refractivity contribution in [1.82, 2.24) is 0 Å². The van der Waals surface area contributed by atoms with Crippen LogP contribution < -0.4 is 0 Å². The fraction of sp³-hybridized carbons (Fsp3) is 0.435. The Labute approximate surface area is 146 Å². The van der Waals surface area contributed by atoms with Gasteiger partial charge in [0, 0.05) is 6.21 Å². The van der Waals surface area contributed by atoms with Gasteiger partial charge in [0.05, 0.1) is 5.69 Å². The number of rotatable bonds is 4. The second kappa shape index (κ2) is 6.93. The van der Waals surface area contributed by atoms with Crippen molar-refractivity contribution in [2.45, 2.75) is 59.8 Å². The molecule has 24 heavy (non-hydrogen) atoms. The van der Waals surface area contributed by atoms with E-state index in [2.05, 4.69) is 71.2 Å². The van der Waals surface area contributed by atoms with E-state index in [1.807, 2.05) is 0 Å². The van der Waals surface area contributed by atoms with Crippen LogP contribution in [0, 0.1) is 19.8 Å². The van der Waals surface area contributed by atoms with Crippen LogP contribution in [0.5, 0.6) is 0 Å². The normalized spacial score (nSPS) is 17.6. The zero-order chi connectivity index (χ0) is 17.3. The van der Waals surface area contributed by atoms with Crippen molar-refractivity contribution in [3.8, 4) is 11.1 Å². The molecule has 2 aromatic carbocycles. The first-order valence-electron chi connectivity index (χ1n) is 9.32. The highest BCUT2D eigenvalue weighted by molar-refractivity contribution is 5.78. The Morgan fingerprint density at radius 3 is 2.62 bits per heavy atom. The average Bonchev–Trinajstić information content (AvgIpc) is 2.59. The first-order valence-corrected chi connectivity index (χ1v) is 9.32. The highest BCUT2D eigenvalue weighted by Crippen LogP contribution is 2.38. The van der Waals surface area contributed by atoms with Gasteiger partial charge in [-0.2, -0.15) is 0 Å². The Morgan fingerprint density at radius 2 is 1.92 bits per heavy atom. The lowest BCUT2D eigenvalue weighted by Crippen LogP contribution is -2.09. The number of hydrogen-bond donors (Lipinski definition) is 0. The highest BCUT2D eigenvalue weighted by Gasteiger charge is 2.17. The van der Waals surface area contributed by atoms with Gasteiger partial charge in [-0.3, -0.25) is 4.99 Å². The van der Waals surface area contributed by atoms with E-state index in [0.29, 0.717) is 11.8 Å². The van der Waals surface area contributed by atoms with Gasteiger partial charge >= 0.3 is 0 Å². The molecule has 126 valence electrons. The smallest absolute Gasteiger partial charge is 0.0664 e. The lowest BCUT2D eigenvalue weighted by Gasteiger charge is -2.21. The zero-order valence-corrected chi connectivity index (χ0v) is 15.7. The molecule has 0 amide bonds. The summed E-state index contributed by atoms with van der Waals surface area (Å²) in [4.78, 5) is 4.75. The lowest BCUT2D eigenvalue weighted by atomic mass is 9.84. The molecule has 1 nitrogen and oxygen atoms in total. The van der Waals surface area contributed by atoms with Gasteiger partial charge in [-0.05, 0) is 78.8 Å². The van der Waals surface area contributed by atoms with Gasteiger partial charge in [0.2, 0.25) is 0 Å². The van der Waals surface area contributed by atoms with Crippen molar-refractivity contribution in [3.05, 3.63) is 52.6 Å². The van der Waals surface area contributed by atoms with Crippen LogP contribution in [0.4, 0.5) is 5.69 Å². The molecule has 0 aromatic heterocycles. The molecule has 2 unspecified atom stereocenters. The maximum Gasteiger partial charge on any atom is 0.0664 e. The summed E-state index contributed by atoms with van der Waals surface area (Å²) in [5, 5.41) is 0. The van der Waals surface area contributed by atoms with E-state index in [0.717, 1.165) is 18.5 Å². The van der Waals surface area contributed by atoms with Crippen LogP contribution in [0.2, 0.25) is 0 Å². The SMILES string of the molecule is CCC1C=Nc2cc(-c3cc(C)cc(C)c3C(C)CC)ccc2C1. The summed E-state index contributed by atoms with van der Waals surface area (Å²) < 4.78 is 0. The summed E-state index contributed by atoms with van der Waals surface area (Å²) >= 11 is 0. The molecule has 0 saturated heterocycles. The molecular weight excluding hydrogens is 290 g/mol. The third kappa shape index (κ3) is 3.17. The Kier molecular flexibility index (Phi) is 4.89. The van der Waals surface area contributed by atoms with E-state index in [1.165, 1.54) is 39.8 Å². The fourth-order valence-electron chi connectivity index (χ4n) is 3.87. The second-order valence-electron chi connectivity index (χ2n) is 7.35. The van der Waals surface area contributed by atoms with Crippen molar-refractivity contribution in [2.75, 3.05) is 0 Å². The van der Waals surface area contributed by atoms with Crippen molar-refractivity contribution in [1.29, 1.82) is 0 Å². The molecule has 1 heteroatoms. The van der Waals surface area contributed by atoms with Gasteiger partial charge in [-0.15, -0.1) is 0 Å². The van der Waals surface area contributed by atoms with Gasteiger partial charge in [0.1, 0.15) is 0 Å². The molecule has 0 saturated carbocycles. The number of fused-ring (bicyclic) bond motifs is 1. The summed E-state index contributed by atoms with van der Waals surface area (Å²) in [7, 11) is 0. The molecule has 1 heterocycles. The minimum absolute atomic E-state index is 0.574. The highest BCUT2D eigenvalue weighted by atomic mass is 14.7. The van der Waals surface area contributed by atoms with E-state index in [1.54, 1.807) is 0 Å². The molecule has 3 rings (SSSR count). The third-order valence-corrected chi connectivity index (χ3v) is 5.46. The Bertz CT molecular complexity index is 770. The Balaban J connectivity index is 2.10. The Morgan fingerprint density at radius 1 is 1.12 bits per heavy atom. The minimum Gasteiger partial charge on any atom is -0.261 e. The fourth-order valence-corrected chi connectivity index (χ4v) is 3.87. The maximum atomic E-state index is 4.75. The van der Waals surface area contributed by atoms with E-state index < -0.39 is 0 Å². The summed E-state index contributed by atoms with van der Waals surface area (Å²) in [5.41, 5.74) is 9.48. The number of nitrogens with zero attached hydrogens (tertiary/aromatic N) is 1. The molecule has 0 fully saturated rings. The van der Waals surface area contributed by atoms with Crippen LogP contribution >= 0.6 is 0 Å². The molecule has 0 N–H and O–H groups in total. The summed E-state index contributed by atoms with van der Waals surface area (Å²) in [6.45, 7) is 11.3. The largest absolute Gasteiger partial charge is 0.261 e. The molecule has 1 aliphatic heterocycles. The molecule has 0 spiro atoms. The molecular formula is C23H29N. The summed E-state index contributed by atoms with van der Waals surface area (Å²) in [6.07, 6.45) is 5.60. The van der Waals surface area contributed by atoms with Crippen molar-refractivity contribution >= 4 is 11.9 Å². The number of aryl methyl sites for hydroxylation is 2. The predicted octanol–water partition coefficient (Wildman–Crippen LogP) is 6.77. The van der Waals surface area contributed by atoms with Gasteiger partial charge in [0.25, 0.3) is 0 Å². The standard InChI is InChI=1S/C23H29N/c1-6-16(4)23-17(5)10-15(3)11-21(23)19-8-9-20-12-18(7-2)14-24-22(20)13-19/h8-11,13-14,16,18H,6-7,12H2,1-5H3. The minimum atomic E-state index is 0.574. The van der Waals surface area contributed by atoms with Gasteiger partial charge in [-0.25, -0.2) is 0 Å². The van der Waals surface area contributed by atoms with Crippen LogP contribution in [0.25, 0.3) is 11.1 Å². The van der Waals surface area contributed by atoms with Gasteiger partial charge < -0.3 is 0 Å². The van der Waals surface area contributed by atoms with E-state index in [4.69, 9.17) is 4.99 Å². The first-order chi connectivity index (χ1) is 11.5. The number of aliphatic imine (C=N–C) groups is 1. The summed E-state index contributed by atoms with van der Waals surface area (Å²) in [5.74, 6) is 1.17. The second-order valence-corrected chi connectivity index (χ2v) is 7.35. The monoisotopic (exact) mass is 319 g/mol. The maximum absolute atomic E-state index is 4.75. The van der Waals surface area contributed by atoms with Gasteiger partial charge in [-0.1, -0.05) is 50.6 Å². The van der Waals surface area contributed by atoms with Crippen molar-refractivity contribution in [2.24, 2.45) is 10.9 Å². The molecule has 2 aromatic rings. The molecule has 0 bridgehead atoms. The Hall–Kier alpha value is -1.89. The lowest BCUT2D eigenvalue weighted by molar-refractivity contribution is 0.667. The van der Waals surface area contributed by atoms with Crippen LogP contribution in [-0.2, 0) is 6.42 Å². The van der Waals surface area contributed by atoms with E-state index in [-0.39, 0.29) is 0 Å². The van der Waals surface area contributed by atoms with E-state index >= 15 is 0 Å². The van der Waals surface area contributed by atoms with Crippen molar-refractivity contribution < 1.29 is 0 Å². The quantitative estimate of drug-likeness (QED) is 0.589. The zero-order valence-electron chi connectivity index (χ0n) is 15.7. The average molecular weight is 319 g/mol. The third-order valence-electron chi connectivity index (χ3n) is 5.46. The molecule has 0 aliphatic carbocycles. The molecule has 1 aliphatic rings. The summed E-state index contributed by atoms with van der Waals surface area (Å²) in [6, 6.07) is 11.5. The van der Waals surface area contributed by atoms with Gasteiger partial charge in [0.15, 0.2) is 0 Å². The van der Waals surface area contributed by atoms with Crippen molar-refractivity contribution in [3.63, 3.8) is 0 Å². The first kappa shape index (κ1) is 17.0. The molecule has 2 atom stereocenters. The van der Waals surface area contributed by atoms with E-state index in [9.17, 15) is 0 Å². The number of hydrogen-bond acceptors (Lipinski definition) is 1. The predicted molar refractivity (Wildman–Crippen MR) is 106 cm³/mol. The topological polar surface area (TPSA) is 12.4 Å². The van der Waals surface area contributed by atoms with Crippen LogP contribution in [0.3, 0.4) is 0 Å².